The minimum atomic E-state index is -0.166. The van der Waals surface area contributed by atoms with Crippen LogP contribution in [0.1, 0.15) is 28.8 Å². The number of amides is 1. The molecule has 1 amide bonds. The van der Waals surface area contributed by atoms with Gasteiger partial charge in [0, 0.05) is 18.4 Å². The highest BCUT2D eigenvalue weighted by Gasteiger charge is 2.09. The Kier molecular flexibility index (Phi) is 3.41. The molecule has 0 saturated carbocycles. The lowest BCUT2D eigenvalue weighted by Crippen LogP contribution is -2.23. The Morgan fingerprint density at radius 3 is 2.78 bits per heavy atom. The van der Waals surface area contributed by atoms with E-state index >= 15 is 0 Å². The zero-order chi connectivity index (χ0) is 13.1. The molecule has 2 rings (SSSR count). The first kappa shape index (κ1) is 12.3. The quantitative estimate of drug-likeness (QED) is 0.892. The Labute approximate surface area is 106 Å². The molecule has 18 heavy (non-hydrogen) atoms. The van der Waals surface area contributed by atoms with Gasteiger partial charge in [0.2, 0.25) is 0 Å². The lowest BCUT2D eigenvalue weighted by atomic mass is 10.3. The molecule has 2 heterocycles. The van der Waals surface area contributed by atoms with Crippen LogP contribution in [-0.4, -0.2) is 27.2 Å². The van der Waals surface area contributed by atoms with Gasteiger partial charge in [-0.15, -0.1) is 0 Å². The number of rotatable bonds is 3. The molecule has 0 bridgehead atoms. The molecule has 0 atom stereocenters. The zero-order valence-electron chi connectivity index (χ0n) is 10.8. The highest BCUT2D eigenvalue weighted by Crippen LogP contribution is 2.12. The molecule has 0 fully saturated rings. The Morgan fingerprint density at radius 2 is 2.17 bits per heavy atom. The van der Waals surface area contributed by atoms with E-state index in [9.17, 15) is 4.79 Å². The van der Waals surface area contributed by atoms with E-state index in [2.05, 4.69) is 15.4 Å². The second-order valence-electron chi connectivity index (χ2n) is 4.10. The minimum Gasteiger partial charge on any atom is -0.351 e. The van der Waals surface area contributed by atoms with Crippen LogP contribution in [0.2, 0.25) is 0 Å². The predicted octanol–water partition coefficient (Wildman–Crippen LogP) is 1.63. The summed E-state index contributed by atoms with van der Waals surface area (Å²) >= 11 is 0. The first-order valence-corrected chi connectivity index (χ1v) is 5.89. The number of pyridine rings is 1. The molecular weight excluding hydrogens is 228 g/mol. The Balaban J connectivity index is 2.38. The maximum atomic E-state index is 11.7. The van der Waals surface area contributed by atoms with Crippen LogP contribution in [0.15, 0.2) is 24.4 Å². The highest BCUT2D eigenvalue weighted by molar-refractivity contribution is 5.92. The number of aryl methyl sites for hydroxylation is 2. The van der Waals surface area contributed by atoms with Gasteiger partial charge in [-0.1, -0.05) is 0 Å². The zero-order valence-corrected chi connectivity index (χ0v) is 10.8. The van der Waals surface area contributed by atoms with Gasteiger partial charge in [0.25, 0.3) is 5.91 Å². The molecule has 2 aromatic rings. The van der Waals surface area contributed by atoms with Crippen LogP contribution in [0.25, 0.3) is 5.69 Å². The van der Waals surface area contributed by atoms with E-state index in [1.165, 1.54) is 0 Å². The first-order valence-electron chi connectivity index (χ1n) is 5.89. The number of nitrogens with one attached hydrogen (secondary N) is 1. The molecule has 0 aromatic carbocycles. The number of hydrogen-bond acceptors (Lipinski definition) is 3. The van der Waals surface area contributed by atoms with E-state index in [-0.39, 0.29) is 5.91 Å². The van der Waals surface area contributed by atoms with Gasteiger partial charge < -0.3 is 5.32 Å². The molecule has 0 unspecified atom stereocenters. The molecule has 94 valence electrons. The summed E-state index contributed by atoms with van der Waals surface area (Å²) in [5.41, 5.74) is 3.23. The van der Waals surface area contributed by atoms with Crippen molar-refractivity contribution in [2.45, 2.75) is 20.8 Å². The summed E-state index contributed by atoms with van der Waals surface area (Å²) in [6.45, 7) is 6.38. The summed E-state index contributed by atoms with van der Waals surface area (Å²) in [4.78, 5) is 15.8. The van der Waals surface area contributed by atoms with Gasteiger partial charge in [-0.3, -0.25) is 9.78 Å². The normalized spacial score (nSPS) is 10.4. The van der Waals surface area contributed by atoms with Crippen molar-refractivity contribution in [1.82, 2.24) is 20.1 Å². The van der Waals surface area contributed by atoms with Crippen molar-refractivity contribution < 1.29 is 4.79 Å². The van der Waals surface area contributed by atoms with Crippen LogP contribution in [0, 0.1) is 13.8 Å². The number of carbonyl (C=O) groups is 1. The molecule has 5 heteroatoms. The minimum absolute atomic E-state index is 0.166. The number of nitrogens with zero attached hydrogens (tertiary/aromatic N) is 3. The number of hydrogen-bond donors (Lipinski definition) is 1. The summed E-state index contributed by atoms with van der Waals surface area (Å²) in [6.07, 6.45) is 1.62. The van der Waals surface area contributed by atoms with Gasteiger partial charge in [0.15, 0.2) is 0 Å². The molecule has 2 aromatic heterocycles. The fourth-order valence-electron chi connectivity index (χ4n) is 1.82. The van der Waals surface area contributed by atoms with E-state index < -0.39 is 0 Å². The van der Waals surface area contributed by atoms with Gasteiger partial charge in [0.05, 0.1) is 11.4 Å². The van der Waals surface area contributed by atoms with Crippen LogP contribution < -0.4 is 5.32 Å². The molecular formula is C13H16N4O. The molecule has 0 radical (unpaired) electrons. The summed E-state index contributed by atoms with van der Waals surface area (Å²) in [7, 11) is 0. The van der Waals surface area contributed by atoms with Gasteiger partial charge in [-0.25, -0.2) is 4.68 Å². The molecule has 0 aliphatic heterocycles. The Hall–Kier alpha value is -2.17. The summed E-state index contributed by atoms with van der Waals surface area (Å²) in [5, 5.41) is 7.11. The van der Waals surface area contributed by atoms with E-state index in [0.717, 1.165) is 17.1 Å². The van der Waals surface area contributed by atoms with E-state index in [1.807, 2.05) is 32.9 Å². The van der Waals surface area contributed by atoms with Crippen LogP contribution in [-0.2, 0) is 0 Å². The van der Waals surface area contributed by atoms with E-state index in [1.54, 1.807) is 16.9 Å². The van der Waals surface area contributed by atoms with Crippen molar-refractivity contribution in [3.8, 4) is 5.69 Å². The highest BCUT2D eigenvalue weighted by atomic mass is 16.1. The molecule has 5 nitrogen and oxygen atoms in total. The maximum absolute atomic E-state index is 11.7. The third kappa shape index (κ3) is 2.40. The largest absolute Gasteiger partial charge is 0.351 e. The van der Waals surface area contributed by atoms with Crippen molar-refractivity contribution in [1.29, 1.82) is 0 Å². The summed E-state index contributed by atoms with van der Waals surface area (Å²) in [5.74, 6) is -0.166. The van der Waals surface area contributed by atoms with Crippen LogP contribution >= 0.6 is 0 Å². The number of aromatic nitrogens is 3. The molecule has 0 saturated heterocycles. The van der Waals surface area contributed by atoms with Crippen LogP contribution in [0.3, 0.4) is 0 Å². The number of carbonyl (C=O) groups excluding carboxylic acids is 1. The lowest BCUT2D eigenvalue weighted by molar-refractivity contribution is 0.0951. The Bertz CT molecular complexity index is 574. The lowest BCUT2D eigenvalue weighted by Gasteiger charge is -2.06. The molecule has 1 N–H and O–H groups in total. The topological polar surface area (TPSA) is 59.8 Å². The molecule has 0 aliphatic carbocycles. The smallest absolute Gasteiger partial charge is 0.269 e. The van der Waals surface area contributed by atoms with E-state index in [4.69, 9.17) is 0 Å². The average Bonchev–Trinajstić information content (AvgIpc) is 2.69. The van der Waals surface area contributed by atoms with Crippen molar-refractivity contribution in [3.63, 3.8) is 0 Å². The average molecular weight is 244 g/mol. The summed E-state index contributed by atoms with van der Waals surface area (Å²) < 4.78 is 1.81. The standard InChI is InChI=1S/C13H16N4O/c1-4-14-13(18)12-8-11(5-6-15-12)17-10(3)7-9(2)16-17/h5-8H,4H2,1-3H3,(H,14,18). The fraction of sp³-hybridized carbons (Fsp3) is 0.308. The fourth-order valence-corrected chi connectivity index (χ4v) is 1.82. The van der Waals surface area contributed by atoms with Crippen LogP contribution in [0.4, 0.5) is 0 Å². The first-order chi connectivity index (χ1) is 8.61. The molecule has 0 aliphatic rings. The second-order valence-corrected chi connectivity index (χ2v) is 4.10. The summed E-state index contributed by atoms with van der Waals surface area (Å²) in [6, 6.07) is 5.57. The monoisotopic (exact) mass is 244 g/mol. The van der Waals surface area contributed by atoms with Gasteiger partial charge in [-0.2, -0.15) is 5.10 Å². The van der Waals surface area contributed by atoms with Crippen molar-refractivity contribution in [2.75, 3.05) is 6.54 Å². The predicted molar refractivity (Wildman–Crippen MR) is 68.8 cm³/mol. The van der Waals surface area contributed by atoms with Crippen molar-refractivity contribution in [3.05, 3.63) is 41.5 Å². The van der Waals surface area contributed by atoms with Crippen molar-refractivity contribution in [2.24, 2.45) is 0 Å². The van der Waals surface area contributed by atoms with Gasteiger partial charge >= 0.3 is 0 Å². The molecule has 0 spiro atoms. The Morgan fingerprint density at radius 1 is 1.39 bits per heavy atom. The SMILES string of the molecule is CCNC(=O)c1cc(-n2nc(C)cc2C)ccn1. The van der Waals surface area contributed by atoms with Crippen molar-refractivity contribution >= 4 is 5.91 Å². The second kappa shape index (κ2) is 5.00. The van der Waals surface area contributed by atoms with Gasteiger partial charge in [-0.05, 0) is 39.0 Å². The maximum Gasteiger partial charge on any atom is 0.269 e. The third-order valence-corrected chi connectivity index (χ3v) is 2.57. The van der Waals surface area contributed by atoms with Crippen LogP contribution in [0.5, 0.6) is 0 Å². The van der Waals surface area contributed by atoms with E-state index in [0.29, 0.717) is 12.2 Å². The van der Waals surface area contributed by atoms with Gasteiger partial charge in [0.1, 0.15) is 5.69 Å². The third-order valence-electron chi connectivity index (χ3n) is 2.57.